The summed E-state index contributed by atoms with van der Waals surface area (Å²) in [7, 11) is 0. The second-order valence-electron chi connectivity index (χ2n) is 5.83. The largest absolute Gasteiger partial charge is 0.492 e. The summed E-state index contributed by atoms with van der Waals surface area (Å²) in [4.78, 5) is 0. The van der Waals surface area contributed by atoms with Gasteiger partial charge in [0.15, 0.2) is 0 Å². The SMILES string of the molecule is CCNC(COc1ccccc1CC)C1CCCCC1. The van der Waals surface area contributed by atoms with E-state index in [4.69, 9.17) is 4.74 Å². The lowest BCUT2D eigenvalue weighted by Crippen LogP contribution is -2.41. The lowest BCUT2D eigenvalue weighted by Gasteiger charge is -2.31. The highest BCUT2D eigenvalue weighted by molar-refractivity contribution is 5.33. The molecule has 1 aromatic carbocycles. The van der Waals surface area contributed by atoms with Gasteiger partial charge < -0.3 is 10.1 Å². The number of ether oxygens (including phenoxy) is 1. The Labute approximate surface area is 123 Å². The van der Waals surface area contributed by atoms with Gasteiger partial charge in [0.25, 0.3) is 0 Å². The third-order valence-electron chi connectivity index (χ3n) is 4.46. The Hall–Kier alpha value is -1.02. The Balaban J connectivity index is 1.93. The standard InChI is InChI=1S/C18H29NO/c1-3-15-10-8-9-13-18(15)20-14-17(19-4-2)16-11-6-5-7-12-16/h8-10,13,16-17,19H,3-7,11-12,14H2,1-2H3. The van der Waals surface area contributed by atoms with Crippen LogP contribution in [0.1, 0.15) is 51.5 Å². The Kier molecular flexibility index (Phi) is 6.38. The van der Waals surface area contributed by atoms with Crippen LogP contribution in [0, 0.1) is 5.92 Å². The fourth-order valence-electron chi connectivity index (χ4n) is 3.28. The van der Waals surface area contributed by atoms with Crippen molar-refractivity contribution in [3.05, 3.63) is 29.8 Å². The predicted molar refractivity (Wildman–Crippen MR) is 85.4 cm³/mol. The molecule has 1 unspecified atom stereocenters. The van der Waals surface area contributed by atoms with Crippen molar-refractivity contribution in [2.75, 3.05) is 13.2 Å². The number of aryl methyl sites for hydroxylation is 1. The van der Waals surface area contributed by atoms with Crippen molar-refractivity contribution in [1.82, 2.24) is 5.32 Å². The van der Waals surface area contributed by atoms with Gasteiger partial charge >= 0.3 is 0 Å². The van der Waals surface area contributed by atoms with Crippen LogP contribution in [0.25, 0.3) is 0 Å². The van der Waals surface area contributed by atoms with Crippen LogP contribution in [0.15, 0.2) is 24.3 Å². The molecule has 1 N–H and O–H groups in total. The lowest BCUT2D eigenvalue weighted by molar-refractivity contribution is 0.186. The van der Waals surface area contributed by atoms with E-state index in [1.165, 1.54) is 37.7 Å². The molecular formula is C18H29NO. The van der Waals surface area contributed by atoms with Gasteiger partial charge in [-0.15, -0.1) is 0 Å². The highest BCUT2D eigenvalue weighted by Crippen LogP contribution is 2.27. The van der Waals surface area contributed by atoms with Gasteiger partial charge in [-0.1, -0.05) is 51.3 Å². The average molecular weight is 275 g/mol. The number of benzene rings is 1. The molecule has 1 aliphatic rings. The Morgan fingerprint density at radius 2 is 1.90 bits per heavy atom. The van der Waals surface area contributed by atoms with Crippen molar-refractivity contribution < 1.29 is 4.74 Å². The monoisotopic (exact) mass is 275 g/mol. The number of hydrogen-bond donors (Lipinski definition) is 1. The van der Waals surface area contributed by atoms with Crippen LogP contribution >= 0.6 is 0 Å². The van der Waals surface area contributed by atoms with Crippen molar-refractivity contribution in [1.29, 1.82) is 0 Å². The number of para-hydroxylation sites is 1. The van der Waals surface area contributed by atoms with E-state index < -0.39 is 0 Å². The molecule has 1 saturated carbocycles. The smallest absolute Gasteiger partial charge is 0.122 e. The topological polar surface area (TPSA) is 21.3 Å². The Bertz CT molecular complexity index is 385. The Morgan fingerprint density at radius 3 is 2.60 bits per heavy atom. The van der Waals surface area contributed by atoms with Crippen LogP contribution < -0.4 is 10.1 Å². The molecule has 2 rings (SSSR count). The summed E-state index contributed by atoms with van der Waals surface area (Å²) in [6, 6.07) is 8.93. The first-order valence-electron chi connectivity index (χ1n) is 8.29. The van der Waals surface area contributed by atoms with E-state index in [1.807, 2.05) is 0 Å². The molecule has 1 atom stereocenters. The molecular weight excluding hydrogens is 246 g/mol. The molecule has 20 heavy (non-hydrogen) atoms. The average Bonchev–Trinajstić information content (AvgIpc) is 2.52. The third-order valence-corrected chi connectivity index (χ3v) is 4.46. The van der Waals surface area contributed by atoms with Crippen LogP contribution in [0.5, 0.6) is 5.75 Å². The molecule has 1 aliphatic carbocycles. The summed E-state index contributed by atoms with van der Waals surface area (Å²) in [6.45, 7) is 6.20. The quantitative estimate of drug-likeness (QED) is 0.806. The van der Waals surface area contributed by atoms with Crippen molar-refractivity contribution in [2.24, 2.45) is 5.92 Å². The summed E-state index contributed by atoms with van der Waals surface area (Å²) >= 11 is 0. The highest BCUT2D eigenvalue weighted by Gasteiger charge is 2.23. The van der Waals surface area contributed by atoms with E-state index in [2.05, 4.69) is 43.4 Å². The predicted octanol–water partition coefficient (Wildman–Crippen LogP) is 4.19. The number of nitrogens with one attached hydrogen (secondary N) is 1. The van der Waals surface area contributed by atoms with Gasteiger partial charge in [0, 0.05) is 6.04 Å². The van der Waals surface area contributed by atoms with Crippen molar-refractivity contribution >= 4 is 0 Å². The minimum atomic E-state index is 0.505. The Morgan fingerprint density at radius 1 is 1.15 bits per heavy atom. The summed E-state index contributed by atoms with van der Waals surface area (Å²) < 4.78 is 6.13. The fourth-order valence-corrected chi connectivity index (χ4v) is 3.28. The number of rotatable bonds is 7. The molecule has 1 aromatic rings. The van der Waals surface area contributed by atoms with Crippen molar-refractivity contribution in [2.45, 2.75) is 58.4 Å². The molecule has 112 valence electrons. The first-order valence-corrected chi connectivity index (χ1v) is 8.29. The maximum atomic E-state index is 6.13. The van der Waals surface area contributed by atoms with Crippen LogP contribution in [-0.2, 0) is 6.42 Å². The molecule has 0 radical (unpaired) electrons. The number of likely N-dealkylation sites (N-methyl/N-ethyl adjacent to an activating group) is 1. The normalized spacial score (nSPS) is 17.9. The molecule has 0 aromatic heterocycles. The molecule has 0 amide bonds. The molecule has 0 spiro atoms. The van der Waals surface area contributed by atoms with Crippen LogP contribution in [-0.4, -0.2) is 19.2 Å². The molecule has 2 heteroatoms. The zero-order chi connectivity index (χ0) is 14.2. The zero-order valence-electron chi connectivity index (χ0n) is 13.0. The van der Waals surface area contributed by atoms with Crippen molar-refractivity contribution in [3.8, 4) is 5.75 Å². The molecule has 0 heterocycles. The van der Waals surface area contributed by atoms with Crippen LogP contribution in [0.2, 0.25) is 0 Å². The van der Waals surface area contributed by atoms with Gasteiger partial charge in [-0.05, 0) is 43.4 Å². The van der Waals surface area contributed by atoms with Gasteiger partial charge in [-0.2, -0.15) is 0 Å². The minimum absolute atomic E-state index is 0.505. The van der Waals surface area contributed by atoms with E-state index in [0.29, 0.717) is 6.04 Å². The maximum absolute atomic E-state index is 6.13. The van der Waals surface area contributed by atoms with E-state index >= 15 is 0 Å². The fraction of sp³-hybridized carbons (Fsp3) is 0.667. The highest BCUT2D eigenvalue weighted by atomic mass is 16.5. The second kappa shape index (κ2) is 8.31. The van der Waals surface area contributed by atoms with Gasteiger partial charge in [-0.25, -0.2) is 0 Å². The van der Waals surface area contributed by atoms with Gasteiger partial charge in [0.1, 0.15) is 12.4 Å². The van der Waals surface area contributed by atoms with E-state index in [-0.39, 0.29) is 0 Å². The van der Waals surface area contributed by atoms with E-state index in [0.717, 1.165) is 31.2 Å². The van der Waals surface area contributed by atoms with E-state index in [1.54, 1.807) is 0 Å². The summed E-state index contributed by atoms with van der Waals surface area (Å²) in [5, 5.41) is 3.64. The van der Waals surface area contributed by atoms with Crippen molar-refractivity contribution in [3.63, 3.8) is 0 Å². The zero-order valence-corrected chi connectivity index (χ0v) is 13.0. The van der Waals surface area contributed by atoms with Gasteiger partial charge in [-0.3, -0.25) is 0 Å². The molecule has 0 saturated heterocycles. The summed E-state index contributed by atoms with van der Waals surface area (Å²) in [5.74, 6) is 1.85. The molecule has 2 nitrogen and oxygen atoms in total. The van der Waals surface area contributed by atoms with Crippen LogP contribution in [0.4, 0.5) is 0 Å². The maximum Gasteiger partial charge on any atom is 0.122 e. The lowest BCUT2D eigenvalue weighted by atomic mass is 9.84. The number of hydrogen-bond acceptors (Lipinski definition) is 2. The second-order valence-corrected chi connectivity index (χ2v) is 5.83. The molecule has 0 bridgehead atoms. The minimum Gasteiger partial charge on any atom is -0.492 e. The summed E-state index contributed by atoms with van der Waals surface area (Å²) in [6.07, 6.45) is 7.93. The van der Waals surface area contributed by atoms with Gasteiger partial charge in [0.05, 0.1) is 0 Å². The molecule has 0 aliphatic heterocycles. The molecule has 1 fully saturated rings. The van der Waals surface area contributed by atoms with E-state index in [9.17, 15) is 0 Å². The first-order chi connectivity index (χ1) is 9.85. The van der Waals surface area contributed by atoms with Crippen LogP contribution in [0.3, 0.4) is 0 Å². The third kappa shape index (κ3) is 4.24. The summed E-state index contributed by atoms with van der Waals surface area (Å²) in [5.41, 5.74) is 1.31. The van der Waals surface area contributed by atoms with Gasteiger partial charge in [0.2, 0.25) is 0 Å². The first kappa shape index (κ1) is 15.4.